The summed E-state index contributed by atoms with van der Waals surface area (Å²) in [5.74, 6) is 0. The molecule has 5 heteroatoms. The Kier molecular flexibility index (Phi) is 2.70. The van der Waals surface area contributed by atoms with E-state index in [2.05, 4.69) is 0 Å². The molecule has 1 aromatic heterocycles. The van der Waals surface area contributed by atoms with Gasteiger partial charge in [-0.3, -0.25) is 4.79 Å². The first kappa shape index (κ1) is 12.9. The van der Waals surface area contributed by atoms with Crippen LogP contribution in [0.25, 0.3) is 0 Å². The van der Waals surface area contributed by atoms with Crippen molar-refractivity contribution in [1.29, 1.82) is 0 Å². The quantitative estimate of drug-likeness (QED) is 0.710. The normalized spacial score (nSPS) is 23.7. The second-order valence-electron chi connectivity index (χ2n) is 6.42. The van der Waals surface area contributed by atoms with E-state index in [1.165, 1.54) is 0 Å². The van der Waals surface area contributed by atoms with Gasteiger partial charge in [0.25, 0.3) is 5.56 Å². The molecule has 0 saturated carbocycles. The summed E-state index contributed by atoms with van der Waals surface area (Å²) in [6, 6.07) is 3.48. The van der Waals surface area contributed by atoms with Crippen LogP contribution in [0.4, 0.5) is 0 Å². The predicted molar refractivity (Wildman–Crippen MR) is 74.7 cm³/mol. The molecule has 0 spiro atoms. The molecule has 2 aliphatic rings. The Bertz CT molecular complexity index is 561. The minimum atomic E-state index is -0.370. The fourth-order valence-corrected chi connectivity index (χ4v) is 2.75. The van der Waals surface area contributed by atoms with Crippen molar-refractivity contribution in [3.05, 3.63) is 28.2 Å². The van der Waals surface area contributed by atoms with Gasteiger partial charge in [-0.1, -0.05) is 6.07 Å². The molecule has 102 valence electrons. The van der Waals surface area contributed by atoms with Crippen LogP contribution in [0.1, 0.15) is 39.8 Å². The molecular formula is C14H20BNO3. The van der Waals surface area contributed by atoms with E-state index in [-0.39, 0.29) is 23.9 Å². The molecule has 1 aromatic rings. The maximum Gasteiger partial charge on any atom is 0.496 e. The van der Waals surface area contributed by atoms with Crippen molar-refractivity contribution in [3.63, 3.8) is 0 Å². The Labute approximate surface area is 113 Å². The molecule has 0 N–H and O–H groups in total. The first-order valence-electron chi connectivity index (χ1n) is 6.90. The van der Waals surface area contributed by atoms with Crippen LogP contribution >= 0.6 is 0 Å². The number of nitrogens with zero attached hydrogens (tertiary/aromatic N) is 1. The molecule has 2 aliphatic heterocycles. The van der Waals surface area contributed by atoms with Gasteiger partial charge in [-0.25, -0.2) is 0 Å². The van der Waals surface area contributed by atoms with E-state index >= 15 is 0 Å². The molecule has 0 amide bonds. The first-order valence-corrected chi connectivity index (χ1v) is 6.90. The number of hydrogen-bond acceptors (Lipinski definition) is 3. The average Bonchev–Trinajstić information content (AvgIpc) is 2.84. The van der Waals surface area contributed by atoms with E-state index in [1.807, 2.05) is 38.3 Å². The number of rotatable bonds is 1. The summed E-state index contributed by atoms with van der Waals surface area (Å²) in [7, 11) is -0.370. The number of fused-ring (bicyclic) bond motifs is 1. The van der Waals surface area contributed by atoms with Crippen molar-refractivity contribution in [3.8, 4) is 0 Å². The third-order valence-electron chi connectivity index (χ3n) is 4.63. The molecular weight excluding hydrogens is 241 g/mol. The standard InChI is InChI=1S/C14H20BNO3/c1-13(2)14(3,4)19-15(18-13)10-7-8-12(17)16-9-5-6-11(10)16/h7-8H,5-6,9H2,1-4H3. The summed E-state index contributed by atoms with van der Waals surface area (Å²) in [6.07, 6.45) is 1.95. The van der Waals surface area contributed by atoms with Crippen LogP contribution in [-0.2, 0) is 22.3 Å². The van der Waals surface area contributed by atoms with E-state index in [0.29, 0.717) is 0 Å². The predicted octanol–water partition coefficient (Wildman–Crippen LogP) is 1.09. The minimum Gasteiger partial charge on any atom is -0.399 e. The Morgan fingerprint density at radius 2 is 1.79 bits per heavy atom. The number of aromatic nitrogens is 1. The highest BCUT2D eigenvalue weighted by Crippen LogP contribution is 2.36. The van der Waals surface area contributed by atoms with Gasteiger partial charge in [-0.05, 0) is 40.5 Å². The van der Waals surface area contributed by atoms with Crippen LogP contribution in [0.2, 0.25) is 0 Å². The zero-order chi connectivity index (χ0) is 13.8. The summed E-state index contributed by atoms with van der Waals surface area (Å²) >= 11 is 0. The summed E-state index contributed by atoms with van der Waals surface area (Å²) in [4.78, 5) is 11.8. The molecule has 4 nitrogen and oxygen atoms in total. The Morgan fingerprint density at radius 3 is 2.42 bits per heavy atom. The Hall–Kier alpha value is -1.07. The van der Waals surface area contributed by atoms with E-state index in [1.54, 1.807) is 6.07 Å². The Balaban J connectivity index is 2.02. The van der Waals surface area contributed by atoms with Gasteiger partial charge in [0.05, 0.1) is 11.2 Å². The summed E-state index contributed by atoms with van der Waals surface area (Å²) in [5, 5.41) is 0. The lowest BCUT2D eigenvalue weighted by atomic mass is 9.77. The van der Waals surface area contributed by atoms with Gasteiger partial charge in [0.2, 0.25) is 0 Å². The lowest BCUT2D eigenvalue weighted by Crippen LogP contribution is -2.41. The highest BCUT2D eigenvalue weighted by Gasteiger charge is 2.52. The van der Waals surface area contributed by atoms with Gasteiger partial charge in [-0.2, -0.15) is 0 Å². The van der Waals surface area contributed by atoms with Gasteiger partial charge in [0.15, 0.2) is 0 Å². The second-order valence-corrected chi connectivity index (χ2v) is 6.42. The van der Waals surface area contributed by atoms with Crippen molar-refractivity contribution in [2.45, 2.75) is 58.3 Å². The van der Waals surface area contributed by atoms with E-state index in [9.17, 15) is 4.79 Å². The zero-order valence-electron chi connectivity index (χ0n) is 12.0. The van der Waals surface area contributed by atoms with E-state index < -0.39 is 0 Å². The molecule has 3 heterocycles. The topological polar surface area (TPSA) is 40.5 Å². The molecule has 1 saturated heterocycles. The van der Waals surface area contributed by atoms with Gasteiger partial charge in [0.1, 0.15) is 0 Å². The summed E-state index contributed by atoms with van der Waals surface area (Å²) < 4.78 is 14.0. The fourth-order valence-electron chi connectivity index (χ4n) is 2.75. The first-order chi connectivity index (χ1) is 8.82. The minimum absolute atomic E-state index is 0.0766. The van der Waals surface area contributed by atoms with Crippen LogP contribution in [-0.4, -0.2) is 22.9 Å². The fraction of sp³-hybridized carbons (Fsp3) is 0.643. The van der Waals surface area contributed by atoms with Crippen molar-refractivity contribution in [2.24, 2.45) is 0 Å². The molecule has 19 heavy (non-hydrogen) atoms. The maximum atomic E-state index is 11.8. The monoisotopic (exact) mass is 261 g/mol. The Morgan fingerprint density at radius 1 is 1.16 bits per heavy atom. The number of pyridine rings is 1. The molecule has 0 aliphatic carbocycles. The molecule has 0 aromatic carbocycles. The van der Waals surface area contributed by atoms with Crippen molar-refractivity contribution in [1.82, 2.24) is 4.57 Å². The highest BCUT2D eigenvalue weighted by molar-refractivity contribution is 6.62. The van der Waals surface area contributed by atoms with Crippen LogP contribution in [0.5, 0.6) is 0 Å². The lowest BCUT2D eigenvalue weighted by Gasteiger charge is -2.32. The van der Waals surface area contributed by atoms with Gasteiger partial charge in [-0.15, -0.1) is 0 Å². The summed E-state index contributed by atoms with van der Waals surface area (Å²) in [6.45, 7) is 8.98. The maximum absolute atomic E-state index is 11.8. The molecule has 0 unspecified atom stereocenters. The summed E-state index contributed by atoms with van der Waals surface area (Å²) in [5.41, 5.74) is 1.47. The van der Waals surface area contributed by atoms with E-state index in [0.717, 1.165) is 30.5 Å². The lowest BCUT2D eigenvalue weighted by molar-refractivity contribution is 0.00578. The molecule has 0 atom stereocenters. The SMILES string of the molecule is CC1(C)OB(c2ccc(=O)n3c2CCC3)OC1(C)C. The van der Waals surface area contributed by atoms with Crippen LogP contribution in [0, 0.1) is 0 Å². The van der Waals surface area contributed by atoms with Gasteiger partial charge in [0, 0.05) is 23.8 Å². The van der Waals surface area contributed by atoms with Crippen LogP contribution in [0.3, 0.4) is 0 Å². The molecule has 0 bridgehead atoms. The average molecular weight is 261 g/mol. The largest absolute Gasteiger partial charge is 0.496 e. The van der Waals surface area contributed by atoms with Crippen LogP contribution in [0.15, 0.2) is 16.9 Å². The van der Waals surface area contributed by atoms with Crippen LogP contribution < -0.4 is 11.0 Å². The zero-order valence-corrected chi connectivity index (χ0v) is 12.0. The highest BCUT2D eigenvalue weighted by atomic mass is 16.7. The molecule has 1 fully saturated rings. The smallest absolute Gasteiger partial charge is 0.399 e. The third kappa shape index (κ3) is 1.87. The van der Waals surface area contributed by atoms with Crippen molar-refractivity contribution in [2.75, 3.05) is 0 Å². The second kappa shape index (κ2) is 3.96. The van der Waals surface area contributed by atoms with Gasteiger partial charge >= 0.3 is 7.12 Å². The van der Waals surface area contributed by atoms with Gasteiger partial charge < -0.3 is 13.9 Å². The third-order valence-corrected chi connectivity index (χ3v) is 4.63. The number of hydrogen-bond donors (Lipinski definition) is 0. The van der Waals surface area contributed by atoms with Crippen molar-refractivity contribution < 1.29 is 9.31 Å². The van der Waals surface area contributed by atoms with Crippen molar-refractivity contribution >= 4 is 12.6 Å². The molecule has 3 rings (SSSR count). The molecule has 0 radical (unpaired) electrons. The van der Waals surface area contributed by atoms with E-state index in [4.69, 9.17) is 9.31 Å².